The molecule has 1 aromatic carbocycles. The number of hydrogen-bond acceptors (Lipinski definition) is 7. The number of carbonyl (C=O) groups is 1. The number of halogens is 5. The van der Waals surface area contributed by atoms with E-state index in [1.165, 1.54) is 4.90 Å². The van der Waals surface area contributed by atoms with E-state index in [9.17, 15) is 26.7 Å². The lowest BCUT2D eigenvalue weighted by Crippen LogP contribution is -2.41. The molecule has 0 bridgehead atoms. The number of nitrogens with zero attached hydrogens (tertiary/aromatic N) is 3. The fraction of sp³-hybridized carbons (Fsp3) is 0.450. The zero-order chi connectivity index (χ0) is 24.0. The molecule has 1 aliphatic heterocycles. The molecule has 1 aliphatic rings. The first-order valence-electron chi connectivity index (χ1n) is 10.1. The minimum atomic E-state index is -4.68. The van der Waals surface area contributed by atoms with Crippen LogP contribution in [0.1, 0.15) is 22.8 Å². The molecule has 13 heteroatoms. The van der Waals surface area contributed by atoms with Crippen LogP contribution < -0.4 is 15.4 Å². The van der Waals surface area contributed by atoms with Gasteiger partial charge in [-0.3, -0.25) is 4.79 Å². The summed E-state index contributed by atoms with van der Waals surface area (Å²) in [4.78, 5) is 21.6. The molecular formula is C20H22F5N5O3. The number of morpholine rings is 1. The highest BCUT2D eigenvalue weighted by Gasteiger charge is 2.35. The largest absolute Gasteiger partial charge is 0.489 e. The highest BCUT2D eigenvalue weighted by Crippen LogP contribution is 2.35. The van der Waals surface area contributed by atoms with Gasteiger partial charge in [0.25, 0.3) is 5.91 Å². The van der Waals surface area contributed by atoms with Crippen molar-refractivity contribution in [3.05, 3.63) is 35.3 Å². The number of ether oxygens (including phenoxy) is 2. The Hall–Kier alpha value is -3.22. The Morgan fingerprint density at radius 2 is 2.00 bits per heavy atom. The van der Waals surface area contributed by atoms with Crippen LogP contribution in [0, 0.1) is 5.82 Å². The lowest BCUT2D eigenvalue weighted by atomic mass is 10.1. The summed E-state index contributed by atoms with van der Waals surface area (Å²) in [5.41, 5.74) is -1.44. The molecule has 0 atom stereocenters. The summed E-state index contributed by atoms with van der Waals surface area (Å²) in [5, 5.41) is 5.09. The Morgan fingerprint density at radius 3 is 2.64 bits per heavy atom. The van der Waals surface area contributed by atoms with Crippen molar-refractivity contribution in [1.82, 2.24) is 14.9 Å². The predicted molar refractivity (Wildman–Crippen MR) is 109 cm³/mol. The molecular weight excluding hydrogens is 453 g/mol. The van der Waals surface area contributed by atoms with E-state index < -0.39 is 36.0 Å². The molecule has 8 nitrogen and oxygen atoms in total. The lowest BCUT2D eigenvalue weighted by Gasteiger charge is -2.27. The van der Waals surface area contributed by atoms with Crippen molar-refractivity contribution in [2.24, 2.45) is 0 Å². The summed E-state index contributed by atoms with van der Waals surface area (Å²) >= 11 is 0. The van der Waals surface area contributed by atoms with Gasteiger partial charge in [-0.25, -0.2) is 13.8 Å². The van der Waals surface area contributed by atoms with Crippen molar-refractivity contribution >= 4 is 23.4 Å². The van der Waals surface area contributed by atoms with Gasteiger partial charge in [0.2, 0.25) is 5.95 Å². The summed E-state index contributed by atoms with van der Waals surface area (Å²) in [6.07, 6.45) is -4.10. The van der Waals surface area contributed by atoms with E-state index in [2.05, 4.69) is 20.6 Å². The minimum Gasteiger partial charge on any atom is -0.489 e. The van der Waals surface area contributed by atoms with Crippen LogP contribution in [0.2, 0.25) is 0 Å². The van der Waals surface area contributed by atoms with Crippen molar-refractivity contribution < 1.29 is 36.2 Å². The van der Waals surface area contributed by atoms with Gasteiger partial charge < -0.3 is 25.0 Å². The van der Waals surface area contributed by atoms with Gasteiger partial charge in [0.15, 0.2) is 0 Å². The fourth-order valence-corrected chi connectivity index (χ4v) is 3.09. The molecule has 1 saturated heterocycles. The molecule has 0 radical (unpaired) electrons. The third-order valence-electron chi connectivity index (χ3n) is 4.62. The van der Waals surface area contributed by atoms with Crippen LogP contribution in [0.15, 0.2) is 18.3 Å². The van der Waals surface area contributed by atoms with Crippen molar-refractivity contribution in [2.45, 2.75) is 13.1 Å². The van der Waals surface area contributed by atoms with Gasteiger partial charge in [0, 0.05) is 31.9 Å². The minimum absolute atomic E-state index is 0.0818. The number of rotatable bonds is 8. The van der Waals surface area contributed by atoms with E-state index in [1.807, 2.05) is 0 Å². The molecule has 1 fully saturated rings. The number of carbonyl (C=O) groups excluding carboxylic acids is 1. The summed E-state index contributed by atoms with van der Waals surface area (Å²) < 4.78 is 77.5. The molecule has 0 saturated carbocycles. The van der Waals surface area contributed by atoms with Gasteiger partial charge in [-0.2, -0.15) is 18.2 Å². The third-order valence-corrected chi connectivity index (χ3v) is 4.62. The van der Waals surface area contributed by atoms with Crippen LogP contribution in [-0.2, 0) is 10.9 Å². The molecule has 2 N–H and O–H groups in total. The highest BCUT2D eigenvalue weighted by atomic mass is 19.4. The number of benzene rings is 1. The van der Waals surface area contributed by atoms with Crippen LogP contribution in [0.3, 0.4) is 0 Å². The lowest BCUT2D eigenvalue weighted by molar-refractivity contribution is -0.137. The second-order valence-electron chi connectivity index (χ2n) is 6.88. The summed E-state index contributed by atoms with van der Waals surface area (Å²) in [6, 6.07) is 2.04. The number of nitrogens with one attached hydrogen (secondary N) is 2. The summed E-state index contributed by atoms with van der Waals surface area (Å²) in [6.45, 7) is 1.72. The quantitative estimate of drug-likeness (QED) is 0.564. The molecule has 1 amide bonds. The zero-order valence-corrected chi connectivity index (χ0v) is 17.6. The monoisotopic (exact) mass is 475 g/mol. The Kier molecular flexibility index (Phi) is 7.84. The van der Waals surface area contributed by atoms with E-state index in [0.717, 1.165) is 12.1 Å². The molecule has 180 valence electrons. The van der Waals surface area contributed by atoms with Gasteiger partial charge in [-0.15, -0.1) is 0 Å². The van der Waals surface area contributed by atoms with E-state index in [-0.39, 0.29) is 49.2 Å². The van der Waals surface area contributed by atoms with Crippen LogP contribution >= 0.6 is 0 Å². The average Bonchev–Trinajstić information content (AvgIpc) is 2.78. The fourth-order valence-electron chi connectivity index (χ4n) is 3.09. The van der Waals surface area contributed by atoms with Crippen LogP contribution in [0.5, 0.6) is 5.75 Å². The van der Waals surface area contributed by atoms with Crippen molar-refractivity contribution in [1.29, 1.82) is 0 Å². The van der Waals surface area contributed by atoms with Crippen molar-refractivity contribution in [3.8, 4) is 5.75 Å². The Balaban J connectivity index is 1.94. The van der Waals surface area contributed by atoms with E-state index >= 15 is 0 Å². The molecule has 0 aliphatic carbocycles. The average molecular weight is 475 g/mol. The molecule has 3 rings (SSSR count). The molecule has 2 heterocycles. The van der Waals surface area contributed by atoms with Gasteiger partial charge >= 0.3 is 6.18 Å². The maximum Gasteiger partial charge on any atom is 0.421 e. The van der Waals surface area contributed by atoms with Gasteiger partial charge in [0.05, 0.1) is 24.5 Å². The van der Waals surface area contributed by atoms with Crippen molar-refractivity contribution in [3.63, 3.8) is 0 Å². The number of anilines is 3. The van der Waals surface area contributed by atoms with Gasteiger partial charge in [-0.05, 0) is 13.0 Å². The van der Waals surface area contributed by atoms with E-state index in [0.29, 0.717) is 19.4 Å². The first-order chi connectivity index (χ1) is 15.7. The van der Waals surface area contributed by atoms with Gasteiger partial charge in [0.1, 0.15) is 36.2 Å². The second-order valence-corrected chi connectivity index (χ2v) is 6.88. The number of aromatic nitrogens is 2. The highest BCUT2D eigenvalue weighted by molar-refractivity contribution is 5.96. The van der Waals surface area contributed by atoms with Crippen LogP contribution in [-0.4, -0.2) is 66.9 Å². The third kappa shape index (κ3) is 5.97. The Labute approximate surface area is 186 Å². The molecule has 2 aromatic rings. The van der Waals surface area contributed by atoms with Crippen LogP contribution in [0.4, 0.5) is 39.4 Å². The molecule has 1 aromatic heterocycles. The Morgan fingerprint density at radius 1 is 1.27 bits per heavy atom. The SMILES string of the molecule is CCNc1nc(Nc2cc(F)c(C(=O)N3CCOCC3)cc2OCCF)ncc1C(F)(F)F. The Bertz CT molecular complexity index is 983. The standard InChI is InChI=1S/C20H22F5N5O3/c1-2-26-17-13(20(23,24)25)11-27-19(29-17)28-15-10-14(22)12(9-16(15)33-6-3-21)18(31)30-4-7-32-8-5-30/h9-11H,2-8H2,1H3,(H2,26,27,28,29). The van der Waals surface area contributed by atoms with E-state index in [4.69, 9.17) is 9.47 Å². The van der Waals surface area contributed by atoms with Crippen LogP contribution in [0.25, 0.3) is 0 Å². The van der Waals surface area contributed by atoms with Crippen molar-refractivity contribution in [2.75, 3.05) is 56.8 Å². The van der Waals surface area contributed by atoms with Gasteiger partial charge in [-0.1, -0.05) is 0 Å². The zero-order valence-electron chi connectivity index (χ0n) is 17.6. The number of alkyl halides is 4. The second kappa shape index (κ2) is 10.6. The summed E-state index contributed by atoms with van der Waals surface area (Å²) in [5.74, 6) is -2.32. The topological polar surface area (TPSA) is 88.6 Å². The number of hydrogen-bond donors (Lipinski definition) is 2. The first-order valence-corrected chi connectivity index (χ1v) is 10.1. The maximum absolute atomic E-state index is 14.8. The maximum atomic E-state index is 14.8. The smallest absolute Gasteiger partial charge is 0.421 e. The molecule has 0 spiro atoms. The normalized spacial score (nSPS) is 14.2. The number of amides is 1. The first kappa shape index (κ1) is 24.4. The molecule has 0 unspecified atom stereocenters. The predicted octanol–water partition coefficient (Wildman–Crippen LogP) is 3.63. The molecule has 33 heavy (non-hydrogen) atoms. The van der Waals surface area contributed by atoms with E-state index in [1.54, 1.807) is 6.92 Å². The summed E-state index contributed by atoms with van der Waals surface area (Å²) in [7, 11) is 0.